The average molecular weight is 483 g/mol. The first-order chi connectivity index (χ1) is 17.2. The van der Waals surface area contributed by atoms with Gasteiger partial charge in [-0.1, -0.05) is 48.5 Å². The van der Waals surface area contributed by atoms with E-state index in [-0.39, 0.29) is 5.91 Å². The highest BCUT2D eigenvalue weighted by Crippen LogP contribution is 2.40. The Bertz CT molecular complexity index is 1490. The molecule has 174 valence electrons. The normalized spacial score (nSPS) is 10.7. The average Bonchev–Trinajstić information content (AvgIpc) is 3.36. The topological polar surface area (TPSA) is 85.4 Å². The second kappa shape index (κ2) is 9.82. The van der Waals surface area contributed by atoms with Gasteiger partial charge >= 0.3 is 0 Å². The number of nitrogens with zero attached hydrogens (tertiary/aromatic N) is 2. The van der Waals surface area contributed by atoms with Crippen molar-refractivity contribution in [2.24, 2.45) is 0 Å². The molecule has 5 rings (SSSR count). The minimum atomic E-state index is -0.240. The van der Waals surface area contributed by atoms with Crippen molar-refractivity contribution in [3.05, 3.63) is 90.8 Å². The fourth-order valence-electron chi connectivity index (χ4n) is 3.70. The number of carbonyl (C=O) groups excluding carboxylic acids is 1. The first-order valence-corrected chi connectivity index (χ1v) is 11.7. The number of nitrogens with one attached hydrogen (secondary N) is 2. The number of ether oxygens (including phenoxy) is 2. The fourth-order valence-corrected chi connectivity index (χ4v) is 4.71. The molecule has 0 aliphatic carbocycles. The molecule has 0 fully saturated rings. The van der Waals surface area contributed by atoms with E-state index in [0.717, 1.165) is 20.7 Å². The number of hydrogen-bond acceptors (Lipinski definition) is 7. The highest BCUT2D eigenvalue weighted by Gasteiger charge is 2.17. The van der Waals surface area contributed by atoms with Gasteiger partial charge in [-0.3, -0.25) is 4.79 Å². The lowest BCUT2D eigenvalue weighted by atomic mass is 10.1. The Morgan fingerprint density at radius 3 is 2.20 bits per heavy atom. The van der Waals surface area contributed by atoms with Crippen molar-refractivity contribution in [2.45, 2.75) is 0 Å². The summed E-state index contributed by atoms with van der Waals surface area (Å²) < 4.78 is 11.2. The van der Waals surface area contributed by atoms with Crippen molar-refractivity contribution < 1.29 is 14.3 Å². The van der Waals surface area contributed by atoms with E-state index in [2.05, 4.69) is 38.8 Å². The van der Waals surface area contributed by atoms with Crippen LogP contribution in [0, 0.1) is 0 Å². The highest BCUT2D eigenvalue weighted by atomic mass is 32.1. The standard InChI is InChI=1S/C27H22N4O3S/c1-33-22-15-21(31-26(32)18-11-7-4-8-12-18)23(34-2)14-20(22)30-25-19-13-24(17-9-5-3-6-10-17)35-27(19)29-16-28-25/h3-16H,1-2H3,(H,31,32)(H,28,29,30). The molecule has 5 aromatic rings. The van der Waals surface area contributed by atoms with Crippen LogP contribution >= 0.6 is 11.3 Å². The first-order valence-electron chi connectivity index (χ1n) is 10.9. The number of anilines is 3. The third-order valence-corrected chi connectivity index (χ3v) is 6.54. The second-order valence-electron chi connectivity index (χ2n) is 7.62. The van der Waals surface area contributed by atoms with Gasteiger partial charge in [0, 0.05) is 22.6 Å². The number of aromatic nitrogens is 2. The lowest BCUT2D eigenvalue weighted by molar-refractivity contribution is 0.102. The molecule has 0 bridgehead atoms. The van der Waals surface area contributed by atoms with Gasteiger partial charge < -0.3 is 20.1 Å². The Balaban J connectivity index is 1.48. The van der Waals surface area contributed by atoms with Crippen LogP contribution < -0.4 is 20.1 Å². The predicted molar refractivity (Wildman–Crippen MR) is 140 cm³/mol. The molecule has 3 aromatic carbocycles. The molecular formula is C27H22N4O3S. The maximum atomic E-state index is 12.7. The molecule has 0 spiro atoms. The maximum Gasteiger partial charge on any atom is 0.255 e. The monoisotopic (exact) mass is 482 g/mol. The largest absolute Gasteiger partial charge is 0.494 e. The minimum Gasteiger partial charge on any atom is -0.494 e. The van der Waals surface area contributed by atoms with Gasteiger partial charge in [0.15, 0.2) is 0 Å². The molecule has 7 nitrogen and oxygen atoms in total. The summed E-state index contributed by atoms with van der Waals surface area (Å²) in [6.07, 6.45) is 1.54. The van der Waals surface area contributed by atoms with Crippen LogP contribution in [0.25, 0.3) is 20.7 Å². The van der Waals surface area contributed by atoms with Crippen molar-refractivity contribution in [3.8, 4) is 21.9 Å². The molecule has 0 saturated carbocycles. The maximum absolute atomic E-state index is 12.7. The van der Waals surface area contributed by atoms with Gasteiger partial charge in [0.2, 0.25) is 0 Å². The SMILES string of the molecule is COc1cc(Nc2ncnc3sc(-c4ccccc4)cc23)c(OC)cc1NC(=O)c1ccccc1. The van der Waals surface area contributed by atoms with Crippen LogP contribution in [0.4, 0.5) is 17.2 Å². The molecule has 0 saturated heterocycles. The van der Waals surface area contributed by atoms with Crippen LogP contribution in [0.3, 0.4) is 0 Å². The first kappa shape index (κ1) is 22.4. The summed E-state index contributed by atoms with van der Waals surface area (Å²) >= 11 is 1.61. The third-order valence-electron chi connectivity index (χ3n) is 5.45. The summed E-state index contributed by atoms with van der Waals surface area (Å²) in [7, 11) is 3.13. The molecule has 8 heteroatoms. The van der Waals surface area contributed by atoms with E-state index < -0.39 is 0 Å². The van der Waals surface area contributed by atoms with Crippen LogP contribution in [0.1, 0.15) is 10.4 Å². The molecule has 0 aliphatic rings. The van der Waals surface area contributed by atoms with Gasteiger partial charge in [-0.05, 0) is 23.8 Å². The summed E-state index contributed by atoms with van der Waals surface area (Å²) in [5.74, 6) is 1.42. The molecule has 0 unspecified atom stereocenters. The van der Waals surface area contributed by atoms with Gasteiger partial charge in [-0.2, -0.15) is 0 Å². The molecule has 0 atom stereocenters. The van der Waals surface area contributed by atoms with Crippen molar-refractivity contribution >= 4 is 44.7 Å². The summed E-state index contributed by atoms with van der Waals surface area (Å²) in [4.78, 5) is 23.6. The van der Waals surface area contributed by atoms with Gasteiger partial charge in [0.05, 0.1) is 31.0 Å². The summed E-state index contributed by atoms with van der Waals surface area (Å²) in [5, 5.41) is 7.16. The molecule has 2 heterocycles. The molecule has 35 heavy (non-hydrogen) atoms. The minimum absolute atomic E-state index is 0.240. The van der Waals surface area contributed by atoms with E-state index in [1.54, 1.807) is 49.8 Å². The van der Waals surface area contributed by atoms with Crippen molar-refractivity contribution in [3.63, 3.8) is 0 Å². The predicted octanol–water partition coefficient (Wildman–Crippen LogP) is 6.37. The van der Waals surface area contributed by atoms with Crippen LogP contribution in [-0.4, -0.2) is 30.1 Å². The van der Waals surface area contributed by atoms with Crippen molar-refractivity contribution in [2.75, 3.05) is 24.9 Å². The van der Waals surface area contributed by atoms with Crippen LogP contribution in [0.5, 0.6) is 11.5 Å². The molecule has 0 aliphatic heterocycles. The number of carbonyl (C=O) groups is 1. The Morgan fingerprint density at radius 1 is 0.829 bits per heavy atom. The van der Waals surface area contributed by atoms with Crippen LogP contribution in [0.15, 0.2) is 85.2 Å². The molecule has 2 aromatic heterocycles. The van der Waals surface area contributed by atoms with E-state index in [4.69, 9.17) is 9.47 Å². The zero-order valence-electron chi connectivity index (χ0n) is 19.1. The third kappa shape index (κ3) is 4.64. The van der Waals surface area contributed by atoms with E-state index in [0.29, 0.717) is 34.3 Å². The van der Waals surface area contributed by atoms with Crippen molar-refractivity contribution in [1.82, 2.24) is 9.97 Å². The quantitative estimate of drug-likeness (QED) is 0.280. The second-order valence-corrected chi connectivity index (χ2v) is 8.65. The van der Waals surface area contributed by atoms with Gasteiger partial charge in [-0.25, -0.2) is 9.97 Å². The molecule has 2 N–H and O–H groups in total. The van der Waals surface area contributed by atoms with Gasteiger partial charge in [-0.15, -0.1) is 11.3 Å². The van der Waals surface area contributed by atoms with Gasteiger partial charge in [0.25, 0.3) is 5.91 Å². The number of rotatable bonds is 7. The van der Waals surface area contributed by atoms with E-state index in [1.165, 1.54) is 6.33 Å². The van der Waals surface area contributed by atoms with Crippen LogP contribution in [0.2, 0.25) is 0 Å². The lowest BCUT2D eigenvalue weighted by Crippen LogP contribution is -2.13. The molecule has 1 amide bonds. The fraction of sp³-hybridized carbons (Fsp3) is 0.0741. The number of benzene rings is 3. The summed E-state index contributed by atoms with van der Waals surface area (Å²) in [6, 6.07) is 24.7. The number of thiophene rings is 1. The Hall–Kier alpha value is -4.43. The number of amides is 1. The zero-order chi connectivity index (χ0) is 24.2. The number of methoxy groups -OCH3 is 2. The molecule has 0 radical (unpaired) electrons. The Morgan fingerprint density at radius 2 is 1.49 bits per heavy atom. The summed E-state index contributed by atoms with van der Waals surface area (Å²) in [6.45, 7) is 0. The van der Waals surface area contributed by atoms with Crippen LogP contribution in [-0.2, 0) is 0 Å². The van der Waals surface area contributed by atoms with E-state index >= 15 is 0 Å². The van der Waals surface area contributed by atoms with E-state index in [9.17, 15) is 4.79 Å². The Labute approximate surface area is 206 Å². The summed E-state index contributed by atoms with van der Waals surface area (Å²) in [5.41, 5.74) is 2.82. The zero-order valence-corrected chi connectivity index (χ0v) is 19.9. The van der Waals surface area contributed by atoms with Crippen molar-refractivity contribution in [1.29, 1.82) is 0 Å². The number of hydrogen-bond donors (Lipinski definition) is 2. The van der Waals surface area contributed by atoms with E-state index in [1.807, 2.05) is 36.4 Å². The lowest BCUT2D eigenvalue weighted by Gasteiger charge is -2.16. The smallest absolute Gasteiger partial charge is 0.255 e. The number of fused-ring (bicyclic) bond motifs is 1. The molecular weight excluding hydrogens is 460 g/mol. The van der Waals surface area contributed by atoms with Gasteiger partial charge in [0.1, 0.15) is 28.5 Å². The Kier molecular flexibility index (Phi) is 6.28. The highest BCUT2D eigenvalue weighted by molar-refractivity contribution is 7.21.